The van der Waals surface area contributed by atoms with E-state index in [1.807, 2.05) is 13.0 Å². The zero-order chi connectivity index (χ0) is 28.1. The van der Waals surface area contributed by atoms with Gasteiger partial charge in [0.15, 0.2) is 0 Å². The first kappa shape index (κ1) is 25.7. The van der Waals surface area contributed by atoms with E-state index in [0.717, 1.165) is 29.9 Å². The second-order valence-corrected chi connectivity index (χ2v) is 10.8. The maximum atomic E-state index is 13.9. The summed E-state index contributed by atoms with van der Waals surface area (Å²) >= 11 is 0. The number of fused-ring (bicyclic) bond motifs is 1. The third-order valence-electron chi connectivity index (χ3n) is 8.09. The van der Waals surface area contributed by atoms with Crippen molar-refractivity contribution in [2.45, 2.75) is 50.7 Å². The number of pyridine rings is 2. The van der Waals surface area contributed by atoms with Crippen molar-refractivity contribution >= 4 is 16.7 Å². The summed E-state index contributed by atoms with van der Waals surface area (Å²) < 4.78 is 21.0. The predicted molar refractivity (Wildman–Crippen MR) is 146 cm³/mol. The van der Waals surface area contributed by atoms with Crippen molar-refractivity contribution in [3.8, 4) is 12.1 Å². The van der Waals surface area contributed by atoms with Crippen LogP contribution in [0.25, 0.3) is 11.0 Å². The van der Waals surface area contributed by atoms with Gasteiger partial charge in [-0.1, -0.05) is 17.3 Å². The molecule has 4 aromatic rings. The molecule has 2 fully saturated rings. The van der Waals surface area contributed by atoms with Crippen LogP contribution < -0.4 is 10.5 Å². The number of halogens is 1. The zero-order valence-electron chi connectivity index (χ0n) is 22.5. The van der Waals surface area contributed by atoms with Crippen molar-refractivity contribution in [3.05, 3.63) is 86.9 Å². The van der Waals surface area contributed by atoms with Crippen LogP contribution in [0, 0.1) is 28.5 Å². The van der Waals surface area contributed by atoms with Crippen molar-refractivity contribution in [3.63, 3.8) is 0 Å². The van der Waals surface area contributed by atoms with Crippen molar-refractivity contribution in [2.75, 3.05) is 18.0 Å². The minimum absolute atomic E-state index is 0.00532. The Labute approximate surface area is 230 Å². The summed E-state index contributed by atoms with van der Waals surface area (Å²) in [6, 6.07) is 15.5. The molecule has 3 aromatic heterocycles. The molecule has 40 heavy (non-hydrogen) atoms. The molecule has 1 aliphatic carbocycles. The first-order valence-corrected chi connectivity index (χ1v) is 13.4. The standard InChI is InChI=1S/C30H28FN7O2/c1-17-16-38(29-23(14-33)30(39)36(3)25-11-10-22(13-32)34-27(25)29)18(2)15-37(17)28(20-6-8-21(31)9-7-20)24-12-26(40-35-24)19-4-5-19/h6-12,17-19,28H,4-5,15-16H2,1-3H3/t17-,18+,28?/m1/s1. The normalized spacial score (nSPS) is 20.3. The number of aryl methyl sites for hydroxylation is 1. The van der Waals surface area contributed by atoms with Gasteiger partial charge in [0, 0.05) is 44.2 Å². The molecule has 0 spiro atoms. The molecule has 3 atom stereocenters. The third-order valence-corrected chi connectivity index (χ3v) is 8.09. The maximum Gasteiger partial charge on any atom is 0.270 e. The fourth-order valence-electron chi connectivity index (χ4n) is 5.83. The highest BCUT2D eigenvalue weighted by Gasteiger charge is 2.39. The summed E-state index contributed by atoms with van der Waals surface area (Å²) in [5.74, 6) is 0.983. The van der Waals surface area contributed by atoms with E-state index in [2.05, 4.69) is 39.0 Å². The number of hydrogen-bond acceptors (Lipinski definition) is 8. The number of hydrogen-bond donors (Lipinski definition) is 0. The molecule has 6 rings (SSSR count). The van der Waals surface area contributed by atoms with Crippen LogP contribution in [-0.2, 0) is 7.05 Å². The lowest BCUT2D eigenvalue weighted by molar-refractivity contribution is 0.125. The lowest BCUT2D eigenvalue weighted by Crippen LogP contribution is -2.58. The molecule has 1 unspecified atom stereocenters. The van der Waals surface area contributed by atoms with E-state index in [-0.39, 0.29) is 35.2 Å². The molecule has 0 amide bonds. The topological polar surface area (TPSA) is 115 Å². The van der Waals surface area contributed by atoms with Gasteiger partial charge >= 0.3 is 0 Å². The summed E-state index contributed by atoms with van der Waals surface area (Å²) in [7, 11) is 1.61. The van der Waals surface area contributed by atoms with E-state index in [1.165, 1.54) is 16.7 Å². The summed E-state index contributed by atoms with van der Waals surface area (Å²) in [5, 5.41) is 24.0. The van der Waals surface area contributed by atoms with Gasteiger partial charge in [0.2, 0.25) is 0 Å². The minimum atomic E-state index is -0.404. The van der Waals surface area contributed by atoms with Crippen molar-refractivity contribution in [1.29, 1.82) is 10.5 Å². The van der Waals surface area contributed by atoms with Gasteiger partial charge in [-0.2, -0.15) is 10.5 Å². The predicted octanol–water partition coefficient (Wildman–Crippen LogP) is 4.37. The number of piperazine rings is 1. The molecule has 10 heteroatoms. The number of nitriles is 2. The van der Waals surface area contributed by atoms with Gasteiger partial charge in [-0.05, 0) is 56.5 Å². The Morgan fingerprint density at radius 3 is 2.48 bits per heavy atom. The highest BCUT2D eigenvalue weighted by molar-refractivity contribution is 5.92. The number of rotatable bonds is 5. The molecular weight excluding hydrogens is 509 g/mol. The molecule has 1 saturated carbocycles. The molecule has 2 aliphatic rings. The van der Waals surface area contributed by atoms with Gasteiger partial charge in [-0.15, -0.1) is 0 Å². The highest BCUT2D eigenvalue weighted by atomic mass is 19.1. The van der Waals surface area contributed by atoms with Gasteiger partial charge in [0.05, 0.1) is 17.2 Å². The highest BCUT2D eigenvalue weighted by Crippen LogP contribution is 2.42. The Morgan fingerprint density at radius 1 is 1.05 bits per heavy atom. The largest absolute Gasteiger partial charge is 0.363 e. The van der Waals surface area contributed by atoms with Gasteiger partial charge < -0.3 is 14.0 Å². The van der Waals surface area contributed by atoms with Gasteiger partial charge in [0.25, 0.3) is 5.56 Å². The monoisotopic (exact) mass is 537 g/mol. The Kier molecular flexibility index (Phi) is 6.36. The summed E-state index contributed by atoms with van der Waals surface area (Å²) in [5.41, 5.74) is 2.95. The van der Waals surface area contributed by atoms with Gasteiger partial charge in [-0.25, -0.2) is 9.37 Å². The van der Waals surface area contributed by atoms with Crippen molar-refractivity contribution in [1.82, 2.24) is 19.6 Å². The average molecular weight is 538 g/mol. The molecule has 1 aromatic carbocycles. The first-order chi connectivity index (χ1) is 19.3. The lowest BCUT2D eigenvalue weighted by Gasteiger charge is -2.48. The Bertz CT molecular complexity index is 1740. The number of aromatic nitrogens is 3. The fourth-order valence-corrected chi connectivity index (χ4v) is 5.83. The summed E-state index contributed by atoms with van der Waals surface area (Å²) in [4.78, 5) is 22.1. The molecule has 1 aliphatic heterocycles. The zero-order valence-corrected chi connectivity index (χ0v) is 22.5. The maximum absolute atomic E-state index is 13.9. The van der Waals surface area contributed by atoms with Crippen LogP contribution >= 0.6 is 0 Å². The van der Waals surface area contributed by atoms with Crippen molar-refractivity contribution < 1.29 is 8.91 Å². The summed E-state index contributed by atoms with van der Waals surface area (Å²) in [6.45, 7) is 5.17. The minimum Gasteiger partial charge on any atom is -0.363 e. The van der Waals surface area contributed by atoms with Crippen LogP contribution in [0.2, 0.25) is 0 Å². The van der Waals surface area contributed by atoms with E-state index in [1.54, 1.807) is 31.3 Å². The Hall–Kier alpha value is -4.54. The molecule has 1 saturated heterocycles. The fraction of sp³-hybridized carbons (Fsp3) is 0.367. The second kappa shape index (κ2) is 9.89. The SMILES string of the molecule is C[C@@H]1CN(c2c(C#N)c(=O)n(C)c3ccc(C#N)nc23)[C@@H](C)CN1C(c1ccc(F)cc1)c1cc(C2CC2)on1. The summed E-state index contributed by atoms with van der Waals surface area (Å²) in [6.07, 6.45) is 2.18. The van der Waals surface area contributed by atoms with E-state index < -0.39 is 5.56 Å². The number of nitrogens with zero attached hydrogens (tertiary/aromatic N) is 7. The first-order valence-electron chi connectivity index (χ1n) is 13.4. The smallest absolute Gasteiger partial charge is 0.270 e. The number of benzene rings is 1. The third kappa shape index (κ3) is 4.31. The van der Waals surface area contributed by atoms with Gasteiger partial charge in [-0.3, -0.25) is 9.69 Å². The van der Waals surface area contributed by atoms with Crippen LogP contribution in [0.15, 0.2) is 51.8 Å². The molecule has 4 heterocycles. The van der Waals surface area contributed by atoms with E-state index in [0.29, 0.717) is 35.7 Å². The number of anilines is 1. The lowest BCUT2D eigenvalue weighted by atomic mass is 9.96. The van der Waals surface area contributed by atoms with Crippen LogP contribution in [-0.4, -0.2) is 44.8 Å². The van der Waals surface area contributed by atoms with Crippen molar-refractivity contribution in [2.24, 2.45) is 7.05 Å². The van der Waals surface area contributed by atoms with Crippen LogP contribution in [0.4, 0.5) is 10.1 Å². The Balaban J connectivity index is 1.42. The van der Waals surface area contributed by atoms with E-state index in [4.69, 9.17) is 4.52 Å². The van der Waals surface area contributed by atoms with Crippen LogP contribution in [0.3, 0.4) is 0 Å². The molecule has 202 valence electrons. The Morgan fingerprint density at radius 2 is 1.80 bits per heavy atom. The second-order valence-electron chi connectivity index (χ2n) is 10.8. The van der Waals surface area contributed by atoms with Crippen LogP contribution in [0.1, 0.15) is 66.9 Å². The molecule has 0 N–H and O–H groups in total. The quantitative estimate of drug-likeness (QED) is 0.369. The molecule has 0 radical (unpaired) electrons. The van der Waals surface area contributed by atoms with E-state index >= 15 is 0 Å². The molecular formula is C30H28FN7O2. The van der Waals surface area contributed by atoms with Crippen LogP contribution in [0.5, 0.6) is 0 Å². The molecule has 0 bridgehead atoms. The van der Waals surface area contributed by atoms with Gasteiger partial charge in [0.1, 0.15) is 46.2 Å². The average Bonchev–Trinajstić information content (AvgIpc) is 3.70. The molecule has 9 nitrogen and oxygen atoms in total. The van der Waals surface area contributed by atoms with E-state index in [9.17, 15) is 19.7 Å².